The van der Waals surface area contributed by atoms with Gasteiger partial charge in [-0.2, -0.15) is 5.10 Å². The fourth-order valence-electron chi connectivity index (χ4n) is 1.77. The van der Waals surface area contributed by atoms with Crippen molar-refractivity contribution in [1.29, 1.82) is 0 Å². The third-order valence-corrected chi connectivity index (χ3v) is 3.06. The van der Waals surface area contributed by atoms with E-state index in [9.17, 15) is 14.4 Å². The number of aromatic amines is 1. The molecule has 0 unspecified atom stereocenters. The molecule has 0 bridgehead atoms. The summed E-state index contributed by atoms with van der Waals surface area (Å²) in [6.45, 7) is 3.82. The second-order valence-corrected chi connectivity index (χ2v) is 5.03. The van der Waals surface area contributed by atoms with Gasteiger partial charge in [-0.3, -0.25) is 23.8 Å². The topological polar surface area (TPSA) is 102 Å². The first-order valence-electron chi connectivity index (χ1n) is 6.50. The SMILES string of the molecule is CC(C)c1cc(NC(=O)Cn2ccc(=O)n(C)c2=O)n[nH]1. The minimum atomic E-state index is -0.539. The molecule has 0 atom stereocenters. The fourth-order valence-corrected chi connectivity index (χ4v) is 1.77. The molecule has 1 amide bonds. The van der Waals surface area contributed by atoms with E-state index in [1.165, 1.54) is 19.3 Å². The number of nitrogens with zero attached hydrogens (tertiary/aromatic N) is 3. The summed E-state index contributed by atoms with van der Waals surface area (Å²) < 4.78 is 2.10. The first-order chi connectivity index (χ1) is 9.88. The van der Waals surface area contributed by atoms with Gasteiger partial charge in [0, 0.05) is 31.1 Å². The second kappa shape index (κ2) is 5.78. The predicted octanol–water partition coefficient (Wildman–Crippen LogP) is 0.0322. The highest BCUT2D eigenvalue weighted by molar-refractivity contribution is 5.89. The number of anilines is 1. The molecule has 0 fully saturated rings. The van der Waals surface area contributed by atoms with Crippen molar-refractivity contribution >= 4 is 11.7 Å². The zero-order chi connectivity index (χ0) is 15.6. The molecule has 0 saturated heterocycles. The molecule has 0 radical (unpaired) electrons. The molecule has 0 aromatic carbocycles. The number of hydrogen-bond donors (Lipinski definition) is 2. The molecule has 2 aromatic heterocycles. The van der Waals surface area contributed by atoms with E-state index in [4.69, 9.17) is 0 Å². The average Bonchev–Trinajstić information content (AvgIpc) is 2.88. The van der Waals surface area contributed by atoms with Gasteiger partial charge in [0.1, 0.15) is 6.54 Å². The standard InChI is InChI=1S/C13H17N5O3/c1-8(2)9-6-10(16-15-9)14-11(19)7-18-5-4-12(20)17(3)13(18)21/h4-6,8H,7H2,1-3H3,(H2,14,15,16,19). The number of carbonyl (C=O) groups excluding carboxylic acids is 1. The van der Waals surface area contributed by atoms with E-state index in [2.05, 4.69) is 15.5 Å². The van der Waals surface area contributed by atoms with Crippen molar-refractivity contribution in [3.05, 3.63) is 44.9 Å². The molecule has 2 heterocycles. The molecule has 2 rings (SSSR count). The van der Waals surface area contributed by atoms with E-state index in [0.717, 1.165) is 14.8 Å². The van der Waals surface area contributed by atoms with Gasteiger partial charge in [0.05, 0.1) is 0 Å². The van der Waals surface area contributed by atoms with Crippen molar-refractivity contribution in [2.24, 2.45) is 7.05 Å². The molecule has 0 aliphatic heterocycles. The van der Waals surface area contributed by atoms with Gasteiger partial charge in [0.15, 0.2) is 5.82 Å². The lowest BCUT2D eigenvalue weighted by Crippen LogP contribution is -2.38. The van der Waals surface area contributed by atoms with Crippen LogP contribution < -0.4 is 16.6 Å². The van der Waals surface area contributed by atoms with Crippen LogP contribution >= 0.6 is 0 Å². The minimum absolute atomic E-state index is 0.184. The van der Waals surface area contributed by atoms with Crippen LogP contribution in [0.15, 0.2) is 27.9 Å². The number of aromatic nitrogens is 4. The summed E-state index contributed by atoms with van der Waals surface area (Å²) in [5, 5.41) is 9.40. The fraction of sp³-hybridized carbons (Fsp3) is 0.385. The van der Waals surface area contributed by atoms with E-state index < -0.39 is 17.2 Å². The predicted molar refractivity (Wildman–Crippen MR) is 77.2 cm³/mol. The van der Waals surface area contributed by atoms with Crippen LogP contribution in [0.25, 0.3) is 0 Å². The summed E-state index contributed by atoms with van der Waals surface area (Å²) in [5.74, 6) is 0.286. The molecular formula is C13H17N5O3. The monoisotopic (exact) mass is 291 g/mol. The Balaban J connectivity index is 2.10. The van der Waals surface area contributed by atoms with Gasteiger partial charge in [-0.25, -0.2) is 4.79 Å². The molecular weight excluding hydrogens is 274 g/mol. The zero-order valence-corrected chi connectivity index (χ0v) is 12.1. The number of carbonyl (C=O) groups is 1. The number of hydrogen-bond acceptors (Lipinski definition) is 4. The molecule has 0 saturated carbocycles. The van der Waals surface area contributed by atoms with E-state index >= 15 is 0 Å². The lowest BCUT2D eigenvalue weighted by atomic mass is 10.1. The van der Waals surface area contributed by atoms with Crippen LogP contribution in [0.3, 0.4) is 0 Å². The maximum atomic E-state index is 11.9. The van der Waals surface area contributed by atoms with Crippen molar-refractivity contribution < 1.29 is 4.79 Å². The molecule has 112 valence electrons. The number of rotatable bonds is 4. The quantitative estimate of drug-likeness (QED) is 0.829. The first kappa shape index (κ1) is 14.8. The van der Waals surface area contributed by atoms with Gasteiger partial charge in [0.25, 0.3) is 5.56 Å². The maximum Gasteiger partial charge on any atom is 0.331 e. The van der Waals surface area contributed by atoms with Crippen LogP contribution in [0.4, 0.5) is 5.82 Å². The number of H-pyrrole nitrogens is 1. The van der Waals surface area contributed by atoms with Crippen LogP contribution in [0.5, 0.6) is 0 Å². The van der Waals surface area contributed by atoms with E-state index in [-0.39, 0.29) is 12.5 Å². The van der Waals surface area contributed by atoms with Gasteiger partial charge in [-0.15, -0.1) is 0 Å². The Bertz CT molecular complexity index is 769. The van der Waals surface area contributed by atoms with E-state index in [1.807, 2.05) is 13.8 Å². The summed E-state index contributed by atoms with van der Waals surface area (Å²) in [6, 6.07) is 2.98. The minimum Gasteiger partial charge on any atom is -0.308 e. The Morgan fingerprint density at radius 3 is 2.76 bits per heavy atom. The van der Waals surface area contributed by atoms with Crippen molar-refractivity contribution in [2.45, 2.75) is 26.3 Å². The molecule has 21 heavy (non-hydrogen) atoms. The Labute approximate surface area is 120 Å². The van der Waals surface area contributed by atoms with Crippen molar-refractivity contribution in [3.8, 4) is 0 Å². The van der Waals surface area contributed by atoms with Gasteiger partial charge in [0.2, 0.25) is 5.91 Å². The van der Waals surface area contributed by atoms with Crippen LogP contribution in [0.1, 0.15) is 25.5 Å². The third kappa shape index (κ3) is 3.28. The Kier molecular flexibility index (Phi) is 4.06. The van der Waals surface area contributed by atoms with Crippen molar-refractivity contribution in [1.82, 2.24) is 19.3 Å². The molecule has 0 aliphatic carbocycles. The van der Waals surface area contributed by atoms with Crippen LogP contribution in [-0.2, 0) is 18.4 Å². The molecule has 2 aromatic rings. The van der Waals surface area contributed by atoms with E-state index in [0.29, 0.717) is 5.82 Å². The summed E-state index contributed by atoms with van der Waals surface area (Å²) in [6.07, 6.45) is 1.30. The number of nitrogens with one attached hydrogen (secondary N) is 2. The van der Waals surface area contributed by atoms with Crippen LogP contribution in [0, 0.1) is 0 Å². The van der Waals surface area contributed by atoms with Gasteiger partial charge in [-0.05, 0) is 5.92 Å². The maximum absolute atomic E-state index is 11.9. The lowest BCUT2D eigenvalue weighted by Gasteiger charge is -2.06. The highest BCUT2D eigenvalue weighted by Gasteiger charge is 2.10. The number of amides is 1. The van der Waals surface area contributed by atoms with E-state index in [1.54, 1.807) is 6.07 Å². The van der Waals surface area contributed by atoms with Crippen molar-refractivity contribution in [2.75, 3.05) is 5.32 Å². The summed E-state index contributed by atoms with van der Waals surface area (Å²) in [5.41, 5.74) is -0.0438. The summed E-state index contributed by atoms with van der Waals surface area (Å²) >= 11 is 0. The molecule has 8 heteroatoms. The average molecular weight is 291 g/mol. The van der Waals surface area contributed by atoms with Gasteiger partial charge < -0.3 is 5.32 Å². The summed E-state index contributed by atoms with van der Waals surface area (Å²) in [7, 11) is 1.36. The smallest absolute Gasteiger partial charge is 0.308 e. The normalized spacial score (nSPS) is 10.9. The third-order valence-electron chi connectivity index (χ3n) is 3.06. The zero-order valence-electron chi connectivity index (χ0n) is 12.1. The van der Waals surface area contributed by atoms with Crippen LogP contribution in [-0.4, -0.2) is 25.2 Å². The van der Waals surface area contributed by atoms with Gasteiger partial charge >= 0.3 is 5.69 Å². The molecule has 2 N–H and O–H groups in total. The highest BCUT2D eigenvalue weighted by atomic mass is 16.2. The Morgan fingerprint density at radius 1 is 1.43 bits per heavy atom. The highest BCUT2D eigenvalue weighted by Crippen LogP contribution is 2.14. The Hall–Kier alpha value is -2.64. The Morgan fingerprint density at radius 2 is 2.14 bits per heavy atom. The van der Waals surface area contributed by atoms with Crippen molar-refractivity contribution in [3.63, 3.8) is 0 Å². The van der Waals surface area contributed by atoms with Crippen LogP contribution in [0.2, 0.25) is 0 Å². The first-order valence-corrected chi connectivity index (χ1v) is 6.50. The largest absolute Gasteiger partial charge is 0.331 e. The lowest BCUT2D eigenvalue weighted by molar-refractivity contribution is -0.116. The van der Waals surface area contributed by atoms with Gasteiger partial charge in [-0.1, -0.05) is 13.8 Å². The molecule has 0 aliphatic rings. The second-order valence-electron chi connectivity index (χ2n) is 5.03. The molecule has 0 spiro atoms. The summed E-state index contributed by atoms with van der Waals surface area (Å²) in [4.78, 5) is 35.0. The molecule has 8 nitrogen and oxygen atoms in total.